The fourth-order valence-electron chi connectivity index (χ4n) is 4.17. The van der Waals surface area contributed by atoms with Gasteiger partial charge >= 0.3 is 0 Å². The van der Waals surface area contributed by atoms with Gasteiger partial charge in [0, 0.05) is 38.5 Å². The molecule has 0 spiro atoms. The van der Waals surface area contributed by atoms with Gasteiger partial charge in [-0.25, -0.2) is 0 Å². The quantitative estimate of drug-likeness (QED) is 0.840. The van der Waals surface area contributed by atoms with Crippen LogP contribution in [0.4, 0.5) is 0 Å². The molecule has 2 heterocycles. The lowest BCUT2D eigenvalue weighted by Crippen LogP contribution is -2.48. The number of rotatable bonds is 4. The fourth-order valence-corrected chi connectivity index (χ4v) is 4.17. The van der Waals surface area contributed by atoms with Crippen LogP contribution in [-0.2, 0) is 12.8 Å². The summed E-state index contributed by atoms with van der Waals surface area (Å²) in [6.45, 7) is 4.77. The molecule has 4 nitrogen and oxygen atoms in total. The molecule has 2 aliphatic rings. The zero-order chi connectivity index (χ0) is 18.1. The molecular formula is C22H28ClNO3. The van der Waals surface area contributed by atoms with Crippen LogP contribution in [0, 0.1) is 6.92 Å². The molecule has 27 heavy (non-hydrogen) atoms. The summed E-state index contributed by atoms with van der Waals surface area (Å²) < 4.78 is 5.99. The number of halogens is 1. The second kappa shape index (κ2) is 8.09. The average Bonchev–Trinajstić information content (AvgIpc) is 3.01. The van der Waals surface area contributed by atoms with Crippen molar-refractivity contribution in [3.8, 4) is 11.5 Å². The van der Waals surface area contributed by atoms with Crippen molar-refractivity contribution in [2.24, 2.45) is 0 Å². The van der Waals surface area contributed by atoms with Crippen molar-refractivity contribution >= 4 is 12.4 Å². The van der Waals surface area contributed by atoms with E-state index in [1.807, 2.05) is 18.2 Å². The number of nitrogens with zero attached hydrogens (tertiary/aromatic N) is 1. The van der Waals surface area contributed by atoms with Gasteiger partial charge in [-0.2, -0.15) is 0 Å². The number of likely N-dealkylation sites (tertiary alicyclic amines) is 1. The summed E-state index contributed by atoms with van der Waals surface area (Å²) in [7, 11) is 0. The van der Waals surface area contributed by atoms with Gasteiger partial charge in [-0.05, 0) is 42.5 Å². The predicted molar refractivity (Wildman–Crippen MR) is 109 cm³/mol. The van der Waals surface area contributed by atoms with Gasteiger partial charge in [0.1, 0.15) is 17.6 Å². The highest BCUT2D eigenvalue weighted by Gasteiger charge is 2.34. The molecule has 1 unspecified atom stereocenters. The third kappa shape index (κ3) is 4.57. The first-order chi connectivity index (χ1) is 12.5. The molecule has 0 aliphatic carbocycles. The summed E-state index contributed by atoms with van der Waals surface area (Å²) in [5.41, 5.74) is 3.07. The second-order valence-corrected chi connectivity index (χ2v) is 7.86. The number of aromatic hydroxyl groups is 1. The lowest BCUT2D eigenvalue weighted by atomic mass is 9.84. The monoisotopic (exact) mass is 389 g/mol. The van der Waals surface area contributed by atoms with Gasteiger partial charge in [0.25, 0.3) is 0 Å². The minimum Gasteiger partial charge on any atom is -0.508 e. The first-order valence-electron chi connectivity index (χ1n) is 9.49. The molecule has 0 amide bonds. The number of aliphatic hydroxyl groups is 1. The van der Waals surface area contributed by atoms with Crippen LogP contribution in [0.15, 0.2) is 42.5 Å². The van der Waals surface area contributed by atoms with Crippen LogP contribution in [0.2, 0.25) is 0 Å². The Balaban J connectivity index is 0.00000210. The lowest BCUT2D eigenvalue weighted by molar-refractivity contribution is -0.0266. The van der Waals surface area contributed by atoms with E-state index in [4.69, 9.17) is 4.74 Å². The van der Waals surface area contributed by atoms with Crippen molar-refractivity contribution in [2.75, 3.05) is 19.6 Å². The van der Waals surface area contributed by atoms with Crippen LogP contribution in [0.3, 0.4) is 0 Å². The standard InChI is InChI=1S/C22H27NO3.ClH/c1-16-4-2-3-5-18(16)14-22(25)8-10-23(11-9-22)15-20-12-17-6-7-19(24)13-21(17)26-20;/h2-7,13,20,24-25H,8-12,14-15H2,1H3;1H. The number of piperidine rings is 1. The highest BCUT2D eigenvalue weighted by Crippen LogP contribution is 2.33. The van der Waals surface area contributed by atoms with E-state index < -0.39 is 5.60 Å². The number of ether oxygens (including phenoxy) is 1. The Hall–Kier alpha value is -1.75. The summed E-state index contributed by atoms with van der Waals surface area (Å²) in [6.07, 6.45) is 3.34. The minimum atomic E-state index is -0.603. The molecule has 2 aliphatic heterocycles. The molecule has 5 heteroatoms. The van der Waals surface area contributed by atoms with Crippen LogP contribution >= 0.6 is 12.4 Å². The molecule has 1 saturated heterocycles. The van der Waals surface area contributed by atoms with Crippen molar-refractivity contribution in [1.29, 1.82) is 0 Å². The van der Waals surface area contributed by atoms with E-state index >= 15 is 0 Å². The van der Waals surface area contributed by atoms with Crippen molar-refractivity contribution in [1.82, 2.24) is 4.90 Å². The molecule has 0 saturated carbocycles. The molecule has 0 aromatic heterocycles. The van der Waals surface area contributed by atoms with E-state index in [-0.39, 0.29) is 24.3 Å². The molecule has 1 atom stereocenters. The minimum absolute atomic E-state index is 0. The Morgan fingerprint density at radius 3 is 2.63 bits per heavy atom. The predicted octanol–water partition coefficient (Wildman–Crippen LogP) is 3.50. The number of fused-ring (bicyclic) bond motifs is 1. The Morgan fingerprint density at radius 1 is 1.15 bits per heavy atom. The SMILES string of the molecule is Cc1ccccc1CC1(O)CCN(CC2Cc3ccc(O)cc3O2)CC1.Cl. The maximum atomic E-state index is 11.0. The molecule has 2 N–H and O–H groups in total. The number of phenols is 1. The Bertz CT molecular complexity index is 787. The summed E-state index contributed by atoms with van der Waals surface area (Å²) in [5.74, 6) is 1.06. The number of aryl methyl sites for hydroxylation is 1. The van der Waals surface area contributed by atoms with Gasteiger partial charge < -0.3 is 14.9 Å². The molecule has 2 aromatic carbocycles. The smallest absolute Gasteiger partial charge is 0.126 e. The van der Waals surface area contributed by atoms with Gasteiger partial charge in [0.2, 0.25) is 0 Å². The van der Waals surface area contributed by atoms with E-state index in [2.05, 4.69) is 24.0 Å². The van der Waals surface area contributed by atoms with Crippen LogP contribution in [0.5, 0.6) is 11.5 Å². The zero-order valence-electron chi connectivity index (χ0n) is 15.7. The highest BCUT2D eigenvalue weighted by atomic mass is 35.5. The third-order valence-electron chi connectivity index (χ3n) is 5.82. The van der Waals surface area contributed by atoms with Gasteiger partial charge in [0.05, 0.1) is 5.60 Å². The van der Waals surface area contributed by atoms with Crippen LogP contribution in [-0.4, -0.2) is 46.5 Å². The third-order valence-corrected chi connectivity index (χ3v) is 5.82. The van der Waals surface area contributed by atoms with Gasteiger partial charge in [-0.1, -0.05) is 30.3 Å². The van der Waals surface area contributed by atoms with Crippen LogP contribution < -0.4 is 4.74 Å². The Morgan fingerprint density at radius 2 is 1.89 bits per heavy atom. The normalized spacial score (nSPS) is 21.2. The van der Waals surface area contributed by atoms with Gasteiger partial charge in [-0.3, -0.25) is 4.90 Å². The summed E-state index contributed by atoms with van der Waals surface area (Å²) in [5, 5.41) is 20.6. The molecule has 1 fully saturated rings. The fraction of sp³-hybridized carbons (Fsp3) is 0.455. The second-order valence-electron chi connectivity index (χ2n) is 7.86. The van der Waals surface area contributed by atoms with Gasteiger partial charge in [0.15, 0.2) is 0 Å². The van der Waals surface area contributed by atoms with E-state index in [1.54, 1.807) is 12.1 Å². The molecule has 4 rings (SSSR count). The summed E-state index contributed by atoms with van der Waals surface area (Å²) in [4.78, 5) is 2.39. The maximum Gasteiger partial charge on any atom is 0.126 e. The van der Waals surface area contributed by atoms with Crippen molar-refractivity contribution in [2.45, 2.75) is 44.3 Å². The average molecular weight is 390 g/mol. The number of benzene rings is 2. The Labute approximate surface area is 167 Å². The first-order valence-corrected chi connectivity index (χ1v) is 9.49. The van der Waals surface area contributed by atoms with Gasteiger partial charge in [-0.15, -0.1) is 12.4 Å². The number of phenolic OH excluding ortho intramolecular Hbond substituents is 1. The topological polar surface area (TPSA) is 52.9 Å². The largest absolute Gasteiger partial charge is 0.508 e. The van der Waals surface area contributed by atoms with Crippen molar-refractivity contribution in [3.05, 3.63) is 59.2 Å². The summed E-state index contributed by atoms with van der Waals surface area (Å²) in [6, 6.07) is 13.7. The summed E-state index contributed by atoms with van der Waals surface area (Å²) >= 11 is 0. The molecule has 2 aromatic rings. The number of hydrogen-bond donors (Lipinski definition) is 2. The molecule has 0 bridgehead atoms. The zero-order valence-corrected chi connectivity index (χ0v) is 16.5. The number of hydrogen-bond acceptors (Lipinski definition) is 4. The molecule has 146 valence electrons. The highest BCUT2D eigenvalue weighted by molar-refractivity contribution is 5.85. The first kappa shape index (κ1) is 20.0. The van der Waals surface area contributed by atoms with E-state index in [9.17, 15) is 10.2 Å². The maximum absolute atomic E-state index is 11.0. The van der Waals surface area contributed by atoms with E-state index in [0.717, 1.165) is 51.1 Å². The van der Waals surface area contributed by atoms with Crippen LogP contribution in [0.1, 0.15) is 29.5 Å². The van der Waals surface area contributed by atoms with E-state index in [1.165, 1.54) is 16.7 Å². The lowest BCUT2D eigenvalue weighted by Gasteiger charge is -2.39. The molecular weight excluding hydrogens is 362 g/mol. The molecule has 0 radical (unpaired) electrons. The van der Waals surface area contributed by atoms with E-state index in [0.29, 0.717) is 0 Å². The van der Waals surface area contributed by atoms with Crippen LogP contribution in [0.25, 0.3) is 0 Å². The van der Waals surface area contributed by atoms with Crippen molar-refractivity contribution in [3.63, 3.8) is 0 Å². The Kier molecular flexibility index (Phi) is 5.99. The van der Waals surface area contributed by atoms with Crippen molar-refractivity contribution < 1.29 is 14.9 Å².